The van der Waals surface area contributed by atoms with Crippen molar-refractivity contribution in [1.29, 1.82) is 5.26 Å². The van der Waals surface area contributed by atoms with Crippen LogP contribution in [0.5, 0.6) is 0 Å². The lowest BCUT2D eigenvalue weighted by molar-refractivity contribution is 0.459. The summed E-state index contributed by atoms with van der Waals surface area (Å²) in [7, 11) is -3.54. The number of hydrogen-bond donors (Lipinski definition) is 1. The minimum atomic E-state index is -3.54. The maximum absolute atomic E-state index is 13.8. The molecule has 130 valence electrons. The second-order valence-corrected chi connectivity index (χ2v) is 7.66. The van der Waals surface area contributed by atoms with E-state index >= 15 is 0 Å². The van der Waals surface area contributed by atoms with Gasteiger partial charge in [0.25, 0.3) is 0 Å². The van der Waals surface area contributed by atoms with Gasteiger partial charge in [-0.3, -0.25) is 0 Å². The summed E-state index contributed by atoms with van der Waals surface area (Å²) in [6.45, 7) is 1.11. The summed E-state index contributed by atoms with van der Waals surface area (Å²) in [5.41, 5.74) is 0.595. The van der Waals surface area contributed by atoms with Crippen LogP contribution in [0, 0.1) is 17.1 Å². The van der Waals surface area contributed by atoms with E-state index in [0.29, 0.717) is 31.6 Å². The van der Waals surface area contributed by atoms with Crippen molar-refractivity contribution >= 4 is 15.7 Å². The fourth-order valence-electron chi connectivity index (χ4n) is 3.01. The lowest BCUT2D eigenvalue weighted by Gasteiger charge is -2.34. The smallest absolute Gasteiger partial charge is 0.240 e. The summed E-state index contributed by atoms with van der Waals surface area (Å²) in [6, 6.07) is 14.5. The number of piperidine rings is 1. The van der Waals surface area contributed by atoms with Crippen LogP contribution in [0.3, 0.4) is 0 Å². The Hall–Kier alpha value is -2.43. The first-order valence-corrected chi connectivity index (χ1v) is 9.50. The molecule has 0 radical (unpaired) electrons. The van der Waals surface area contributed by atoms with Gasteiger partial charge in [0, 0.05) is 19.1 Å². The Morgan fingerprint density at radius 1 is 1.08 bits per heavy atom. The van der Waals surface area contributed by atoms with Gasteiger partial charge in [0.2, 0.25) is 10.0 Å². The van der Waals surface area contributed by atoms with Gasteiger partial charge in [0.05, 0.1) is 10.6 Å². The zero-order valence-corrected chi connectivity index (χ0v) is 14.3. The fraction of sp³-hybridized carbons (Fsp3) is 0.278. The second-order valence-electron chi connectivity index (χ2n) is 5.94. The minimum Gasteiger partial charge on any atom is -0.370 e. The number of hydrogen-bond acceptors (Lipinski definition) is 4. The average molecular weight is 359 g/mol. The molecule has 0 aliphatic carbocycles. The van der Waals surface area contributed by atoms with Crippen molar-refractivity contribution in [3.05, 3.63) is 59.9 Å². The molecule has 0 bridgehead atoms. The van der Waals surface area contributed by atoms with E-state index in [9.17, 15) is 12.8 Å². The van der Waals surface area contributed by atoms with E-state index in [1.807, 2.05) is 11.0 Å². The van der Waals surface area contributed by atoms with Crippen molar-refractivity contribution in [2.45, 2.75) is 23.8 Å². The van der Waals surface area contributed by atoms with Crippen LogP contribution in [0.1, 0.15) is 18.4 Å². The highest BCUT2D eigenvalue weighted by Crippen LogP contribution is 2.26. The molecule has 1 aliphatic heterocycles. The third-order valence-corrected chi connectivity index (χ3v) is 5.85. The van der Waals surface area contributed by atoms with Crippen LogP contribution in [0.25, 0.3) is 0 Å². The predicted molar refractivity (Wildman–Crippen MR) is 93.1 cm³/mol. The second kappa shape index (κ2) is 7.21. The molecule has 2 aromatic rings. The quantitative estimate of drug-likeness (QED) is 0.911. The third-order valence-electron chi connectivity index (χ3n) is 4.31. The summed E-state index contributed by atoms with van der Waals surface area (Å²) < 4.78 is 41.2. The van der Waals surface area contributed by atoms with E-state index in [1.54, 1.807) is 42.5 Å². The van der Waals surface area contributed by atoms with Crippen LogP contribution in [0.2, 0.25) is 0 Å². The molecule has 1 heterocycles. The van der Waals surface area contributed by atoms with Crippen LogP contribution in [-0.2, 0) is 10.0 Å². The average Bonchev–Trinajstić information content (AvgIpc) is 2.62. The molecule has 0 saturated carbocycles. The monoisotopic (exact) mass is 359 g/mol. The van der Waals surface area contributed by atoms with Gasteiger partial charge in [-0.05, 0) is 37.1 Å². The Balaban J connectivity index is 1.67. The van der Waals surface area contributed by atoms with Gasteiger partial charge in [-0.25, -0.2) is 17.5 Å². The Labute approximate surface area is 146 Å². The predicted octanol–water partition coefficient (Wildman–Crippen LogP) is 2.64. The number of nitrogens with one attached hydrogen (secondary N) is 1. The van der Waals surface area contributed by atoms with Crippen molar-refractivity contribution in [3.8, 4) is 6.07 Å². The van der Waals surface area contributed by atoms with Crippen molar-refractivity contribution < 1.29 is 12.8 Å². The first-order chi connectivity index (χ1) is 12.0. The summed E-state index contributed by atoms with van der Waals surface area (Å²) >= 11 is 0. The highest BCUT2D eigenvalue weighted by Gasteiger charge is 2.26. The largest absolute Gasteiger partial charge is 0.370 e. The number of nitriles is 1. The molecule has 5 nitrogen and oxygen atoms in total. The third kappa shape index (κ3) is 3.81. The molecule has 1 aliphatic rings. The number of nitrogens with zero attached hydrogens (tertiary/aromatic N) is 2. The molecular formula is C18H18FN3O2S. The van der Waals surface area contributed by atoms with E-state index in [4.69, 9.17) is 5.26 Å². The van der Waals surface area contributed by atoms with E-state index in [2.05, 4.69) is 4.72 Å². The number of benzene rings is 2. The molecular weight excluding hydrogens is 341 g/mol. The molecule has 0 atom stereocenters. The number of sulfonamides is 1. The fourth-order valence-corrected chi connectivity index (χ4v) is 4.34. The van der Waals surface area contributed by atoms with Crippen LogP contribution < -0.4 is 9.62 Å². The van der Waals surface area contributed by atoms with Crippen LogP contribution >= 0.6 is 0 Å². The molecule has 1 N–H and O–H groups in total. The molecule has 3 rings (SSSR count). The van der Waals surface area contributed by atoms with Gasteiger partial charge < -0.3 is 4.90 Å². The maximum Gasteiger partial charge on any atom is 0.240 e. The van der Waals surface area contributed by atoms with Crippen molar-refractivity contribution in [1.82, 2.24) is 4.72 Å². The minimum absolute atomic E-state index is 0.0332. The zero-order valence-electron chi connectivity index (χ0n) is 13.5. The molecule has 25 heavy (non-hydrogen) atoms. The first-order valence-electron chi connectivity index (χ1n) is 8.02. The Kier molecular flexibility index (Phi) is 5.02. The van der Waals surface area contributed by atoms with E-state index in [0.717, 1.165) is 0 Å². The number of halogens is 1. The summed E-state index contributed by atoms with van der Waals surface area (Å²) in [6.07, 6.45) is 1.18. The first kappa shape index (κ1) is 17.4. The van der Waals surface area contributed by atoms with Gasteiger partial charge in [0.1, 0.15) is 17.4 Å². The summed E-state index contributed by atoms with van der Waals surface area (Å²) in [4.78, 5) is 2.17. The zero-order chi connectivity index (χ0) is 17.9. The normalized spacial score (nSPS) is 15.8. The van der Waals surface area contributed by atoms with Crippen molar-refractivity contribution in [3.63, 3.8) is 0 Å². The topological polar surface area (TPSA) is 73.2 Å². The lowest BCUT2D eigenvalue weighted by Crippen LogP contribution is -2.44. The molecule has 0 amide bonds. The van der Waals surface area contributed by atoms with Crippen LogP contribution in [0.4, 0.5) is 10.1 Å². The molecule has 0 spiro atoms. The van der Waals surface area contributed by atoms with E-state index in [1.165, 1.54) is 6.07 Å². The maximum atomic E-state index is 13.8. The summed E-state index contributed by atoms with van der Waals surface area (Å²) in [5, 5.41) is 9.15. The van der Waals surface area contributed by atoms with Crippen molar-refractivity contribution in [2.75, 3.05) is 18.0 Å². The molecule has 0 unspecified atom stereocenters. The van der Waals surface area contributed by atoms with Gasteiger partial charge in [-0.15, -0.1) is 0 Å². The molecule has 0 aromatic heterocycles. The van der Waals surface area contributed by atoms with Crippen molar-refractivity contribution in [2.24, 2.45) is 0 Å². The molecule has 1 fully saturated rings. The standard InChI is InChI=1S/C18H18FN3O2S/c19-17-7-4-8-18(16(17)13-20)22-11-9-14(10-12-22)21-25(23,24)15-5-2-1-3-6-15/h1-8,14,21H,9-12H2. The molecule has 1 saturated heterocycles. The Morgan fingerprint density at radius 3 is 2.40 bits per heavy atom. The van der Waals surface area contributed by atoms with Gasteiger partial charge >= 0.3 is 0 Å². The van der Waals surface area contributed by atoms with Crippen LogP contribution in [-0.4, -0.2) is 27.5 Å². The van der Waals surface area contributed by atoms with E-state index in [-0.39, 0.29) is 16.5 Å². The van der Waals surface area contributed by atoms with Gasteiger partial charge in [0.15, 0.2) is 0 Å². The summed E-state index contributed by atoms with van der Waals surface area (Å²) in [5.74, 6) is -0.535. The SMILES string of the molecule is N#Cc1c(F)cccc1N1CCC(NS(=O)(=O)c2ccccc2)CC1. The van der Waals surface area contributed by atoms with E-state index < -0.39 is 15.8 Å². The van der Waals surface area contributed by atoms with Gasteiger partial charge in [-0.2, -0.15) is 5.26 Å². The molecule has 2 aromatic carbocycles. The lowest BCUT2D eigenvalue weighted by atomic mass is 10.0. The number of rotatable bonds is 4. The molecule has 7 heteroatoms. The Morgan fingerprint density at radius 2 is 1.76 bits per heavy atom. The Bertz CT molecular complexity index is 886. The highest BCUT2D eigenvalue weighted by atomic mass is 32.2. The van der Waals surface area contributed by atoms with Gasteiger partial charge in [-0.1, -0.05) is 24.3 Å². The highest BCUT2D eigenvalue weighted by molar-refractivity contribution is 7.89. The number of anilines is 1. The van der Waals surface area contributed by atoms with Crippen LogP contribution in [0.15, 0.2) is 53.4 Å².